The lowest BCUT2D eigenvalue weighted by Crippen LogP contribution is -2.25. The van der Waals surface area contributed by atoms with Crippen molar-refractivity contribution < 1.29 is 4.74 Å². The second-order valence-corrected chi connectivity index (χ2v) is 16.8. The van der Waals surface area contributed by atoms with E-state index in [0.29, 0.717) is 0 Å². The predicted octanol–water partition coefficient (Wildman–Crippen LogP) is 14.1. The van der Waals surface area contributed by atoms with E-state index < -0.39 is 0 Å². The van der Waals surface area contributed by atoms with Crippen LogP contribution in [0.1, 0.15) is 194 Å². The first kappa shape index (κ1) is 37.3. The lowest BCUT2D eigenvalue weighted by Gasteiger charge is -2.38. The van der Waals surface area contributed by atoms with Crippen molar-refractivity contribution in [2.75, 3.05) is 13.2 Å². The second kappa shape index (κ2) is 22.9. The van der Waals surface area contributed by atoms with E-state index in [1.165, 1.54) is 154 Å². The molecule has 0 atom stereocenters. The first-order chi connectivity index (χ1) is 22.2. The molecular weight excluding hydrogens is 544 g/mol. The number of hydrogen-bond donors (Lipinski definition) is 0. The Labute approximate surface area is 282 Å². The summed E-state index contributed by atoms with van der Waals surface area (Å²) in [6, 6.07) is 0. The van der Waals surface area contributed by atoms with Crippen LogP contribution in [0, 0.1) is 47.3 Å². The third-order valence-electron chi connectivity index (χ3n) is 13.5. The number of rotatable bonds is 20. The van der Waals surface area contributed by atoms with Crippen LogP contribution in [0.25, 0.3) is 0 Å². The topological polar surface area (TPSA) is 9.23 Å². The molecule has 0 unspecified atom stereocenters. The van der Waals surface area contributed by atoms with E-state index in [1.54, 1.807) is 25.7 Å². The molecule has 0 radical (unpaired) electrons. The van der Waals surface area contributed by atoms with Crippen LogP contribution in [0.5, 0.6) is 0 Å². The van der Waals surface area contributed by atoms with Crippen LogP contribution >= 0.6 is 0 Å². The Morgan fingerprint density at radius 1 is 0.378 bits per heavy atom. The molecule has 1 nitrogen and oxygen atoms in total. The Hall–Kier alpha value is -0.560. The molecule has 0 spiro atoms. The molecule has 4 aliphatic carbocycles. The van der Waals surface area contributed by atoms with Gasteiger partial charge < -0.3 is 4.74 Å². The van der Waals surface area contributed by atoms with Crippen LogP contribution in [0.4, 0.5) is 0 Å². The molecule has 0 amide bonds. The van der Waals surface area contributed by atoms with E-state index in [1.807, 2.05) is 0 Å². The van der Waals surface area contributed by atoms with Crippen molar-refractivity contribution in [3.05, 3.63) is 24.3 Å². The molecule has 0 aromatic carbocycles. The second-order valence-electron chi connectivity index (χ2n) is 16.8. The van der Waals surface area contributed by atoms with Crippen molar-refractivity contribution >= 4 is 0 Å². The zero-order valence-corrected chi connectivity index (χ0v) is 30.5. The van der Waals surface area contributed by atoms with Crippen molar-refractivity contribution in [3.63, 3.8) is 0 Å². The van der Waals surface area contributed by atoms with Gasteiger partial charge in [0.15, 0.2) is 0 Å². The van der Waals surface area contributed by atoms with E-state index in [4.69, 9.17) is 4.74 Å². The monoisotopic (exact) mass is 623 g/mol. The highest BCUT2D eigenvalue weighted by Crippen LogP contribution is 2.44. The molecule has 1 heteroatoms. The molecule has 4 rings (SSSR count). The third kappa shape index (κ3) is 14.6. The van der Waals surface area contributed by atoms with Crippen molar-refractivity contribution in [2.24, 2.45) is 47.3 Å². The SMILES string of the molecule is CCCCCC[C@H]1CC[C@H]([C@H]2CC[C@H](CC=CCOCC=CC[C@H]3CC[C@H]([C@H]4CC[C@H](CCCCCC)CC4)CC3)CC2)CC1. The fourth-order valence-electron chi connectivity index (χ4n) is 10.3. The van der Waals surface area contributed by atoms with Gasteiger partial charge in [-0.1, -0.05) is 128 Å². The first-order valence-electron chi connectivity index (χ1n) is 21.1. The van der Waals surface area contributed by atoms with Crippen LogP contribution in [-0.4, -0.2) is 13.2 Å². The molecule has 0 bridgehead atoms. The molecule has 4 saturated carbocycles. The quantitative estimate of drug-likeness (QED) is 0.0969. The maximum Gasteiger partial charge on any atom is 0.0651 e. The summed E-state index contributed by atoms with van der Waals surface area (Å²) in [5, 5.41) is 0. The minimum atomic E-state index is 0.785. The molecular formula is C44H78O. The molecule has 0 N–H and O–H groups in total. The van der Waals surface area contributed by atoms with Gasteiger partial charge >= 0.3 is 0 Å². The summed E-state index contributed by atoms with van der Waals surface area (Å²) in [7, 11) is 0. The summed E-state index contributed by atoms with van der Waals surface area (Å²) in [5.74, 6) is 8.19. The maximum absolute atomic E-state index is 5.92. The van der Waals surface area contributed by atoms with Gasteiger partial charge in [-0.25, -0.2) is 0 Å². The molecule has 0 aliphatic heterocycles. The molecule has 260 valence electrons. The molecule has 0 aromatic rings. The standard InChI is InChI=1S/C44H78O/c1-3-5-7-9-15-37-19-27-41(28-20-37)43-31-23-39(24-32-43)17-11-13-35-45-36-14-12-18-40-25-33-44(34-26-40)42-29-21-38(22-30-42)16-10-8-6-4-2/h11-14,37-44H,3-10,15-36H2,1-2H3/t37-,38-,39-,40-,41-,42-,43-,44-. The molecule has 45 heavy (non-hydrogen) atoms. The predicted molar refractivity (Wildman–Crippen MR) is 198 cm³/mol. The average Bonchev–Trinajstić information content (AvgIpc) is 3.09. The van der Waals surface area contributed by atoms with Gasteiger partial charge in [-0.15, -0.1) is 0 Å². The highest BCUT2D eigenvalue weighted by atomic mass is 16.5. The van der Waals surface area contributed by atoms with Crippen LogP contribution in [0.2, 0.25) is 0 Å². The summed E-state index contributed by atoms with van der Waals surface area (Å²) in [5.41, 5.74) is 0. The third-order valence-corrected chi connectivity index (χ3v) is 13.5. The largest absolute Gasteiger partial charge is 0.373 e. The van der Waals surface area contributed by atoms with E-state index in [-0.39, 0.29) is 0 Å². The zero-order valence-electron chi connectivity index (χ0n) is 30.5. The summed E-state index contributed by atoms with van der Waals surface area (Å²) in [6.07, 6.45) is 50.8. The Kier molecular flexibility index (Phi) is 19.0. The van der Waals surface area contributed by atoms with E-state index >= 15 is 0 Å². The molecule has 0 aromatic heterocycles. The highest BCUT2D eigenvalue weighted by molar-refractivity contribution is 4.90. The summed E-state index contributed by atoms with van der Waals surface area (Å²) < 4.78 is 5.92. The molecule has 0 heterocycles. The molecule has 4 fully saturated rings. The minimum absolute atomic E-state index is 0.785. The first-order valence-corrected chi connectivity index (χ1v) is 21.1. The van der Waals surface area contributed by atoms with Gasteiger partial charge in [0.2, 0.25) is 0 Å². The lowest BCUT2D eigenvalue weighted by molar-refractivity contribution is 0.143. The minimum Gasteiger partial charge on any atom is -0.373 e. The zero-order chi connectivity index (χ0) is 31.4. The lowest BCUT2D eigenvalue weighted by atomic mass is 9.68. The van der Waals surface area contributed by atoms with Crippen molar-refractivity contribution in [1.29, 1.82) is 0 Å². The Morgan fingerprint density at radius 3 is 1.04 bits per heavy atom. The van der Waals surface area contributed by atoms with Gasteiger partial charge in [0.05, 0.1) is 13.2 Å². The highest BCUT2D eigenvalue weighted by Gasteiger charge is 2.31. The number of unbranched alkanes of at least 4 members (excludes halogenated alkanes) is 6. The fraction of sp³-hybridized carbons (Fsp3) is 0.909. The van der Waals surface area contributed by atoms with Gasteiger partial charge in [-0.3, -0.25) is 0 Å². The van der Waals surface area contributed by atoms with Gasteiger partial charge in [0.25, 0.3) is 0 Å². The fourth-order valence-corrected chi connectivity index (χ4v) is 10.3. The van der Waals surface area contributed by atoms with Crippen molar-refractivity contribution in [2.45, 2.75) is 194 Å². The Morgan fingerprint density at radius 2 is 0.711 bits per heavy atom. The Bertz CT molecular complexity index is 686. The van der Waals surface area contributed by atoms with Crippen LogP contribution < -0.4 is 0 Å². The Balaban J connectivity index is 0.945. The van der Waals surface area contributed by atoms with E-state index in [0.717, 1.165) is 60.6 Å². The van der Waals surface area contributed by atoms with E-state index in [2.05, 4.69) is 38.2 Å². The normalized spacial score (nSPS) is 33.3. The van der Waals surface area contributed by atoms with Crippen LogP contribution in [-0.2, 0) is 4.74 Å². The smallest absolute Gasteiger partial charge is 0.0651 e. The maximum atomic E-state index is 5.92. The number of hydrogen-bond acceptors (Lipinski definition) is 1. The molecule has 0 saturated heterocycles. The van der Waals surface area contributed by atoms with Gasteiger partial charge in [0, 0.05) is 0 Å². The number of allylic oxidation sites excluding steroid dienone is 2. The van der Waals surface area contributed by atoms with Crippen LogP contribution in [0.3, 0.4) is 0 Å². The van der Waals surface area contributed by atoms with Gasteiger partial charge in [-0.2, -0.15) is 0 Å². The van der Waals surface area contributed by atoms with Crippen LogP contribution in [0.15, 0.2) is 24.3 Å². The average molecular weight is 623 g/mol. The molecule has 4 aliphatic rings. The van der Waals surface area contributed by atoms with E-state index in [9.17, 15) is 0 Å². The number of ether oxygens (including phenoxy) is 1. The van der Waals surface area contributed by atoms with Gasteiger partial charge in [-0.05, 0) is 137 Å². The van der Waals surface area contributed by atoms with Crippen molar-refractivity contribution in [3.8, 4) is 0 Å². The summed E-state index contributed by atoms with van der Waals surface area (Å²) >= 11 is 0. The van der Waals surface area contributed by atoms with Gasteiger partial charge in [0.1, 0.15) is 0 Å². The summed E-state index contributed by atoms with van der Waals surface area (Å²) in [6.45, 7) is 6.23. The van der Waals surface area contributed by atoms with Crippen molar-refractivity contribution in [1.82, 2.24) is 0 Å². The summed E-state index contributed by atoms with van der Waals surface area (Å²) in [4.78, 5) is 0.